The molecule has 2 rings (SSSR count). The summed E-state index contributed by atoms with van der Waals surface area (Å²) in [7, 11) is 1.62. The van der Waals surface area contributed by atoms with Gasteiger partial charge in [-0.05, 0) is 25.0 Å². The van der Waals surface area contributed by atoms with Gasteiger partial charge in [0.25, 0.3) is 0 Å². The first-order valence-corrected chi connectivity index (χ1v) is 6.61. The number of amides is 1. The summed E-state index contributed by atoms with van der Waals surface area (Å²) in [6, 6.07) is 7.68. The number of para-hydroxylation sites is 2. The minimum Gasteiger partial charge on any atom is -0.495 e. The Kier molecular flexibility index (Phi) is 4.63. The van der Waals surface area contributed by atoms with E-state index in [1.165, 1.54) is 0 Å². The summed E-state index contributed by atoms with van der Waals surface area (Å²) >= 11 is 0. The van der Waals surface area contributed by atoms with Crippen molar-refractivity contribution in [2.24, 2.45) is 5.73 Å². The maximum Gasteiger partial charge on any atom is 0.241 e. The molecule has 1 aromatic carbocycles. The second-order valence-electron chi connectivity index (χ2n) is 4.80. The number of carbonyl (C=O) groups is 1. The third-order valence-electron chi connectivity index (χ3n) is 3.35. The second kappa shape index (κ2) is 6.43. The summed E-state index contributed by atoms with van der Waals surface area (Å²) in [5, 5.41) is 3.12. The van der Waals surface area contributed by atoms with Gasteiger partial charge in [-0.2, -0.15) is 0 Å². The molecular formula is C14H21N3O2. The van der Waals surface area contributed by atoms with Crippen molar-refractivity contribution in [2.75, 3.05) is 32.1 Å². The highest BCUT2D eigenvalue weighted by molar-refractivity contribution is 5.81. The molecule has 0 spiro atoms. The van der Waals surface area contributed by atoms with Gasteiger partial charge in [0.2, 0.25) is 5.91 Å². The Bertz CT molecular complexity index is 436. The molecule has 0 bridgehead atoms. The zero-order valence-corrected chi connectivity index (χ0v) is 11.3. The quantitative estimate of drug-likeness (QED) is 0.852. The number of anilines is 1. The number of methoxy groups -OCH3 is 1. The molecule has 0 aromatic heterocycles. The standard InChI is InChI=1S/C14H21N3O2/c1-19-13-7-3-2-6-12(13)16-9-14(18)17-8-4-5-11(15)10-17/h2-3,6-7,11,16H,4-5,8-10,15H2,1H3. The van der Waals surface area contributed by atoms with Gasteiger partial charge in [-0.1, -0.05) is 12.1 Å². The van der Waals surface area contributed by atoms with E-state index < -0.39 is 0 Å². The summed E-state index contributed by atoms with van der Waals surface area (Å²) in [6.07, 6.45) is 1.99. The third-order valence-corrected chi connectivity index (χ3v) is 3.35. The van der Waals surface area contributed by atoms with Crippen molar-refractivity contribution in [1.29, 1.82) is 0 Å². The van der Waals surface area contributed by atoms with Crippen LogP contribution in [0.15, 0.2) is 24.3 Å². The number of hydrogen-bond acceptors (Lipinski definition) is 4. The fourth-order valence-electron chi connectivity index (χ4n) is 2.31. The summed E-state index contributed by atoms with van der Waals surface area (Å²) in [6.45, 7) is 1.74. The van der Waals surface area contributed by atoms with Crippen LogP contribution in [0.25, 0.3) is 0 Å². The summed E-state index contributed by atoms with van der Waals surface area (Å²) in [5.74, 6) is 0.826. The molecule has 19 heavy (non-hydrogen) atoms. The Labute approximate surface area is 113 Å². The molecule has 1 atom stereocenters. The number of hydrogen-bond donors (Lipinski definition) is 2. The number of benzene rings is 1. The number of nitrogens with zero attached hydrogens (tertiary/aromatic N) is 1. The molecule has 5 heteroatoms. The Morgan fingerprint density at radius 1 is 1.53 bits per heavy atom. The van der Waals surface area contributed by atoms with Gasteiger partial charge in [-0.15, -0.1) is 0 Å². The fourth-order valence-corrected chi connectivity index (χ4v) is 2.31. The van der Waals surface area contributed by atoms with E-state index in [0.29, 0.717) is 6.54 Å². The lowest BCUT2D eigenvalue weighted by Crippen LogP contribution is -2.47. The predicted molar refractivity (Wildman–Crippen MR) is 75.3 cm³/mol. The molecular weight excluding hydrogens is 242 g/mol. The van der Waals surface area contributed by atoms with E-state index in [2.05, 4.69) is 5.32 Å². The van der Waals surface area contributed by atoms with Crippen LogP contribution in [0.4, 0.5) is 5.69 Å². The minimum atomic E-state index is 0.0843. The molecule has 1 saturated heterocycles. The van der Waals surface area contributed by atoms with Crippen LogP contribution in [0, 0.1) is 0 Å². The maximum atomic E-state index is 12.1. The normalized spacial score (nSPS) is 19.1. The molecule has 1 unspecified atom stereocenters. The van der Waals surface area contributed by atoms with E-state index in [4.69, 9.17) is 10.5 Å². The van der Waals surface area contributed by atoms with Crippen molar-refractivity contribution in [3.63, 3.8) is 0 Å². The average molecular weight is 263 g/mol. The molecule has 3 N–H and O–H groups in total. The molecule has 1 aromatic rings. The van der Waals surface area contributed by atoms with Crippen LogP contribution in [0.5, 0.6) is 5.75 Å². The fraction of sp³-hybridized carbons (Fsp3) is 0.500. The van der Waals surface area contributed by atoms with E-state index in [1.54, 1.807) is 7.11 Å². The van der Waals surface area contributed by atoms with Crippen LogP contribution in [-0.4, -0.2) is 43.6 Å². The van der Waals surface area contributed by atoms with Crippen molar-refractivity contribution < 1.29 is 9.53 Å². The van der Waals surface area contributed by atoms with Crippen LogP contribution >= 0.6 is 0 Å². The molecule has 104 valence electrons. The van der Waals surface area contributed by atoms with E-state index in [1.807, 2.05) is 29.2 Å². The monoisotopic (exact) mass is 263 g/mol. The van der Waals surface area contributed by atoms with Crippen LogP contribution in [0.1, 0.15) is 12.8 Å². The van der Waals surface area contributed by atoms with E-state index in [0.717, 1.165) is 30.8 Å². The first-order chi connectivity index (χ1) is 9.20. The lowest BCUT2D eigenvalue weighted by Gasteiger charge is -2.31. The first kappa shape index (κ1) is 13.7. The molecule has 0 saturated carbocycles. The van der Waals surface area contributed by atoms with Gasteiger partial charge in [-0.25, -0.2) is 0 Å². The highest BCUT2D eigenvalue weighted by Gasteiger charge is 2.20. The maximum absolute atomic E-state index is 12.1. The lowest BCUT2D eigenvalue weighted by molar-refractivity contribution is -0.130. The van der Waals surface area contributed by atoms with Crippen molar-refractivity contribution in [2.45, 2.75) is 18.9 Å². The number of nitrogens with one attached hydrogen (secondary N) is 1. The zero-order valence-electron chi connectivity index (χ0n) is 11.3. The smallest absolute Gasteiger partial charge is 0.241 e. The number of likely N-dealkylation sites (tertiary alicyclic amines) is 1. The number of rotatable bonds is 4. The highest BCUT2D eigenvalue weighted by Crippen LogP contribution is 2.22. The van der Waals surface area contributed by atoms with E-state index in [9.17, 15) is 4.79 Å². The Balaban J connectivity index is 1.89. The lowest BCUT2D eigenvalue weighted by atomic mass is 10.1. The van der Waals surface area contributed by atoms with Crippen LogP contribution in [0.3, 0.4) is 0 Å². The third kappa shape index (κ3) is 3.61. The van der Waals surface area contributed by atoms with Gasteiger partial charge in [0.15, 0.2) is 0 Å². The minimum absolute atomic E-state index is 0.0843. The van der Waals surface area contributed by atoms with Crippen LogP contribution in [-0.2, 0) is 4.79 Å². The Hall–Kier alpha value is -1.75. The van der Waals surface area contributed by atoms with Gasteiger partial charge in [0, 0.05) is 19.1 Å². The predicted octanol–water partition coefficient (Wildman–Crippen LogP) is 1.06. The van der Waals surface area contributed by atoms with Gasteiger partial charge in [-0.3, -0.25) is 4.79 Å². The number of piperidine rings is 1. The van der Waals surface area contributed by atoms with Gasteiger partial charge < -0.3 is 20.7 Å². The topological polar surface area (TPSA) is 67.6 Å². The van der Waals surface area contributed by atoms with E-state index in [-0.39, 0.29) is 18.5 Å². The second-order valence-corrected chi connectivity index (χ2v) is 4.80. The summed E-state index contributed by atoms with van der Waals surface area (Å²) in [5.41, 5.74) is 6.71. The van der Waals surface area contributed by atoms with Crippen LogP contribution in [0.2, 0.25) is 0 Å². The molecule has 1 aliphatic rings. The Morgan fingerprint density at radius 2 is 2.32 bits per heavy atom. The zero-order chi connectivity index (χ0) is 13.7. The van der Waals surface area contributed by atoms with Crippen LogP contribution < -0.4 is 15.8 Å². The number of carbonyl (C=O) groups excluding carboxylic acids is 1. The largest absolute Gasteiger partial charge is 0.495 e. The summed E-state index contributed by atoms with van der Waals surface area (Å²) < 4.78 is 5.23. The molecule has 5 nitrogen and oxygen atoms in total. The van der Waals surface area contributed by atoms with Crippen molar-refractivity contribution in [1.82, 2.24) is 4.90 Å². The van der Waals surface area contributed by atoms with Gasteiger partial charge in [0.05, 0.1) is 19.3 Å². The summed E-state index contributed by atoms with van der Waals surface area (Å²) in [4.78, 5) is 13.9. The number of ether oxygens (including phenoxy) is 1. The molecule has 1 fully saturated rings. The van der Waals surface area contributed by atoms with E-state index >= 15 is 0 Å². The first-order valence-electron chi connectivity index (χ1n) is 6.61. The van der Waals surface area contributed by atoms with Crippen molar-refractivity contribution in [3.05, 3.63) is 24.3 Å². The highest BCUT2D eigenvalue weighted by atomic mass is 16.5. The van der Waals surface area contributed by atoms with Gasteiger partial charge in [0.1, 0.15) is 5.75 Å². The molecule has 0 aliphatic carbocycles. The Morgan fingerprint density at radius 3 is 3.05 bits per heavy atom. The molecule has 1 amide bonds. The SMILES string of the molecule is COc1ccccc1NCC(=O)N1CCCC(N)C1. The van der Waals surface area contributed by atoms with Crippen molar-refractivity contribution >= 4 is 11.6 Å². The van der Waals surface area contributed by atoms with Gasteiger partial charge >= 0.3 is 0 Å². The molecule has 1 aliphatic heterocycles. The van der Waals surface area contributed by atoms with Crippen molar-refractivity contribution in [3.8, 4) is 5.75 Å². The average Bonchev–Trinajstić information content (AvgIpc) is 2.45. The number of nitrogens with two attached hydrogens (primary N) is 1. The molecule has 1 heterocycles. The molecule has 0 radical (unpaired) electrons.